The lowest BCUT2D eigenvalue weighted by Crippen LogP contribution is -2.39. The molecule has 0 spiro atoms. The molecule has 2 N–H and O–H groups in total. The molecule has 0 fully saturated rings. The Kier molecular flexibility index (Phi) is 5.75. The van der Waals surface area contributed by atoms with Gasteiger partial charge in [-0.25, -0.2) is 0 Å². The molecule has 2 amide bonds. The van der Waals surface area contributed by atoms with Gasteiger partial charge in [0.15, 0.2) is 0 Å². The highest BCUT2D eigenvalue weighted by Gasteiger charge is 2.15. The summed E-state index contributed by atoms with van der Waals surface area (Å²) in [5.41, 5.74) is 0. The van der Waals surface area contributed by atoms with Gasteiger partial charge in [-0.3, -0.25) is 9.59 Å². The molecule has 0 atom stereocenters. The van der Waals surface area contributed by atoms with Crippen molar-refractivity contribution in [3.63, 3.8) is 0 Å². The summed E-state index contributed by atoms with van der Waals surface area (Å²) in [5, 5.41) is 4.22. The van der Waals surface area contributed by atoms with Crippen LogP contribution in [-0.4, -0.2) is 31.3 Å². The highest BCUT2D eigenvalue weighted by Crippen LogP contribution is 1.89. The van der Waals surface area contributed by atoms with Gasteiger partial charge in [0, 0.05) is 6.54 Å². The molecule has 13 heavy (non-hydrogen) atoms. The standard InChI is InChI=1S/C7H12F2N2O2/c1-2-3-10-5(12)4-11-7(13)6(8)9/h6H,2-4H2,1H3,(H,10,12)(H,11,13). The summed E-state index contributed by atoms with van der Waals surface area (Å²) < 4.78 is 23.2. The van der Waals surface area contributed by atoms with Gasteiger partial charge in [0.2, 0.25) is 5.91 Å². The fourth-order valence-corrected chi connectivity index (χ4v) is 0.571. The van der Waals surface area contributed by atoms with Crippen LogP contribution in [0.3, 0.4) is 0 Å². The van der Waals surface area contributed by atoms with E-state index in [9.17, 15) is 18.4 Å². The third kappa shape index (κ3) is 6.01. The molecule has 0 saturated carbocycles. The average Bonchev–Trinajstić information content (AvgIpc) is 2.10. The van der Waals surface area contributed by atoms with Crippen molar-refractivity contribution in [2.45, 2.75) is 19.8 Å². The lowest BCUT2D eigenvalue weighted by Gasteiger charge is -2.04. The maximum absolute atomic E-state index is 11.6. The van der Waals surface area contributed by atoms with Gasteiger partial charge in [-0.05, 0) is 6.42 Å². The summed E-state index contributed by atoms with van der Waals surface area (Å²) in [5.74, 6) is -1.89. The number of hydrogen-bond donors (Lipinski definition) is 2. The highest BCUT2D eigenvalue weighted by atomic mass is 19.3. The van der Waals surface area contributed by atoms with Crippen LogP contribution in [0, 0.1) is 0 Å². The summed E-state index contributed by atoms with van der Waals surface area (Å²) in [4.78, 5) is 21.0. The van der Waals surface area contributed by atoms with Crippen LogP contribution in [0.2, 0.25) is 0 Å². The average molecular weight is 194 g/mol. The Morgan fingerprint density at radius 2 is 1.92 bits per heavy atom. The molecule has 0 unspecified atom stereocenters. The number of amides is 2. The van der Waals surface area contributed by atoms with Crippen molar-refractivity contribution in [1.82, 2.24) is 10.6 Å². The molecule has 76 valence electrons. The summed E-state index contributed by atoms with van der Waals surface area (Å²) in [6.07, 6.45) is -2.31. The van der Waals surface area contributed by atoms with Gasteiger partial charge in [-0.1, -0.05) is 6.92 Å². The predicted octanol–water partition coefficient (Wildman–Crippen LogP) is -0.106. The van der Waals surface area contributed by atoms with E-state index in [1.165, 1.54) is 0 Å². The summed E-state index contributed by atoms with van der Waals surface area (Å²) in [7, 11) is 0. The van der Waals surface area contributed by atoms with Crippen molar-refractivity contribution < 1.29 is 18.4 Å². The molecule has 0 aromatic carbocycles. The molecule has 0 aliphatic heterocycles. The van der Waals surface area contributed by atoms with E-state index in [0.29, 0.717) is 6.54 Å². The van der Waals surface area contributed by atoms with Crippen molar-refractivity contribution >= 4 is 11.8 Å². The van der Waals surface area contributed by atoms with Crippen molar-refractivity contribution in [3.05, 3.63) is 0 Å². The molecule has 6 heteroatoms. The van der Waals surface area contributed by atoms with Crippen LogP contribution in [0.25, 0.3) is 0 Å². The monoisotopic (exact) mass is 194 g/mol. The van der Waals surface area contributed by atoms with Crippen molar-refractivity contribution in [2.75, 3.05) is 13.1 Å². The Morgan fingerprint density at radius 3 is 2.38 bits per heavy atom. The number of nitrogens with one attached hydrogen (secondary N) is 2. The quantitative estimate of drug-likeness (QED) is 0.641. The van der Waals surface area contributed by atoms with Crippen molar-refractivity contribution in [3.8, 4) is 0 Å². The zero-order valence-electron chi connectivity index (χ0n) is 7.27. The van der Waals surface area contributed by atoms with Crippen LogP contribution in [0.1, 0.15) is 13.3 Å². The van der Waals surface area contributed by atoms with E-state index in [4.69, 9.17) is 0 Å². The highest BCUT2D eigenvalue weighted by molar-refractivity contribution is 5.85. The van der Waals surface area contributed by atoms with Crippen molar-refractivity contribution in [1.29, 1.82) is 0 Å². The first-order valence-electron chi connectivity index (χ1n) is 3.90. The van der Waals surface area contributed by atoms with E-state index in [-0.39, 0.29) is 0 Å². The second-order valence-electron chi connectivity index (χ2n) is 2.37. The van der Waals surface area contributed by atoms with Gasteiger partial charge >= 0.3 is 6.43 Å². The van der Waals surface area contributed by atoms with Crippen LogP contribution in [0.5, 0.6) is 0 Å². The van der Waals surface area contributed by atoms with Gasteiger partial charge in [0.05, 0.1) is 6.54 Å². The molecule has 0 saturated heterocycles. The first-order chi connectivity index (χ1) is 6.07. The Labute approximate surface area is 74.7 Å². The number of alkyl halides is 2. The number of halogens is 2. The molecule has 0 aromatic rings. The van der Waals surface area contributed by atoms with Crippen LogP contribution in [-0.2, 0) is 9.59 Å². The Hall–Kier alpha value is -1.20. The first-order valence-corrected chi connectivity index (χ1v) is 3.90. The largest absolute Gasteiger partial charge is 0.355 e. The van der Waals surface area contributed by atoms with E-state index in [0.717, 1.165) is 6.42 Å². The van der Waals surface area contributed by atoms with Crippen LogP contribution < -0.4 is 10.6 Å². The molecule has 0 heterocycles. The maximum Gasteiger partial charge on any atom is 0.315 e. The minimum absolute atomic E-state index is 0.400. The van der Waals surface area contributed by atoms with Gasteiger partial charge in [0.1, 0.15) is 0 Å². The third-order valence-corrected chi connectivity index (χ3v) is 1.19. The van der Waals surface area contributed by atoms with E-state index >= 15 is 0 Å². The fourth-order valence-electron chi connectivity index (χ4n) is 0.571. The van der Waals surface area contributed by atoms with Gasteiger partial charge < -0.3 is 10.6 Å². The molecule has 0 aliphatic carbocycles. The second kappa shape index (κ2) is 6.33. The van der Waals surface area contributed by atoms with Crippen LogP contribution >= 0.6 is 0 Å². The smallest absolute Gasteiger partial charge is 0.315 e. The van der Waals surface area contributed by atoms with E-state index in [1.807, 2.05) is 6.92 Å². The molecule has 0 bridgehead atoms. The maximum atomic E-state index is 11.6. The topological polar surface area (TPSA) is 58.2 Å². The molecular weight excluding hydrogens is 182 g/mol. The minimum Gasteiger partial charge on any atom is -0.355 e. The summed E-state index contributed by atoms with van der Waals surface area (Å²) in [6.45, 7) is 1.94. The number of rotatable bonds is 5. The minimum atomic E-state index is -3.07. The Balaban J connectivity index is 3.52. The van der Waals surface area contributed by atoms with Crippen LogP contribution in [0.4, 0.5) is 8.78 Å². The molecule has 0 aromatic heterocycles. The van der Waals surface area contributed by atoms with Gasteiger partial charge in [-0.2, -0.15) is 8.78 Å². The third-order valence-electron chi connectivity index (χ3n) is 1.19. The fraction of sp³-hybridized carbons (Fsp3) is 0.714. The van der Waals surface area contributed by atoms with E-state index in [1.54, 1.807) is 5.32 Å². The lowest BCUT2D eigenvalue weighted by molar-refractivity contribution is -0.133. The van der Waals surface area contributed by atoms with Crippen LogP contribution in [0.15, 0.2) is 0 Å². The van der Waals surface area contributed by atoms with E-state index < -0.39 is 24.8 Å². The molecule has 4 nitrogen and oxygen atoms in total. The van der Waals surface area contributed by atoms with Gasteiger partial charge in [0.25, 0.3) is 5.91 Å². The number of carbonyl (C=O) groups excluding carboxylic acids is 2. The molecule has 0 rings (SSSR count). The zero-order valence-corrected chi connectivity index (χ0v) is 7.27. The lowest BCUT2D eigenvalue weighted by atomic mass is 10.4. The van der Waals surface area contributed by atoms with Crippen molar-refractivity contribution in [2.24, 2.45) is 0 Å². The van der Waals surface area contributed by atoms with E-state index in [2.05, 4.69) is 5.32 Å². The number of carbonyl (C=O) groups is 2. The number of hydrogen-bond acceptors (Lipinski definition) is 2. The Bertz CT molecular complexity index is 185. The summed E-state index contributed by atoms with van der Waals surface area (Å²) in [6, 6.07) is 0. The Morgan fingerprint density at radius 1 is 1.31 bits per heavy atom. The molecular formula is C7H12F2N2O2. The first kappa shape index (κ1) is 11.8. The SMILES string of the molecule is CCCNC(=O)CNC(=O)C(F)F. The second-order valence-corrected chi connectivity index (χ2v) is 2.37. The molecule has 0 radical (unpaired) electrons. The molecule has 0 aliphatic rings. The van der Waals surface area contributed by atoms with Gasteiger partial charge in [-0.15, -0.1) is 0 Å². The zero-order chi connectivity index (χ0) is 10.3. The summed E-state index contributed by atoms with van der Waals surface area (Å²) >= 11 is 0. The predicted molar refractivity (Wildman–Crippen MR) is 42.3 cm³/mol. The normalized spacial score (nSPS) is 9.85.